The van der Waals surface area contributed by atoms with Crippen molar-refractivity contribution < 1.29 is 22.7 Å². The fraction of sp³-hybridized carbons (Fsp3) is 0.323. The number of amides is 1. The maximum atomic E-state index is 13.1. The highest BCUT2D eigenvalue weighted by atomic mass is 32.2. The molecule has 1 aliphatic heterocycles. The first-order valence-electron chi connectivity index (χ1n) is 13.8. The smallest absolute Gasteiger partial charge is 0.416 e. The molecule has 0 unspecified atom stereocenters. The van der Waals surface area contributed by atoms with Crippen LogP contribution in [-0.2, 0) is 17.4 Å². The molecule has 5 rings (SSSR count). The number of nitrogens with zero attached hydrogens (tertiary/aromatic N) is 5. The third-order valence-electron chi connectivity index (χ3n) is 7.17. The van der Waals surface area contributed by atoms with Gasteiger partial charge in [-0.2, -0.15) is 13.2 Å². The molecule has 0 saturated carbocycles. The van der Waals surface area contributed by atoms with Crippen LogP contribution < -0.4 is 9.64 Å². The van der Waals surface area contributed by atoms with Gasteiger partial charge in [-0.25, -0.2) is 0 Å². The molecule has 1 aliphatic rings. The second-order valence-electron chi connectivity index (χ2n) is 9.96. The van der Waals surface area contributed by atoms with Gasteiger partial charge in [0.1, 0.15) is 11.6 Å². The fourth-order valence-electron chi connectivity index (χ4n) is 4.92. The molecular weight excluding hydrogens is 563 g/mol. The van der Waals surface area contributed by atoms with E-state index in [4.69, 9.17) is 4.74 Å². The Bertz CT molecular complexity index is 1470. The van der Waals surface area contributed by atoms with Crippen molar-refractivity contribution in [3.63, 3.8) is 0 Å². The number of aromatic nitrogens is 3. The number of rotatable bonds is 10. The Labute approximate surface area is 247 Å². The van der Waals surface area contributed by atoms with Crippen LogP contribution in [0.2, 0.25) is 0 Å². The van der Waals surface area contributed by atoms with Crippen LogP contribution in [0.3, 0.4) is 0 Å². The maximum Gasteiger partial charge on any atom is 0.416 e. The highest BCUT2D eigenvalue weighted by Crippen LogP contribution is 2.32. The van der Waals surface area contributed by atoms with E-state index < -0.39 is 11.7 Å². The Morgan fingerprint density at radius 2 is 1.64 bits per heavy atom. The number of benzene rings is 3. The molecule has 1 aromatic heterocycles. The van der Waals surface area contributed by atoms with E-state index in [2.05, 4.69) is 22.3 Å². The number of hydrogen-bond donors (Lipinski definition) is 0. The summed E-state index contributed by atoms with van der Waals surface area (Å²) in [4.78, 5) is 16.6. The van der Waals surface area contributed by atoms with Crippen molar-refractivity contribution in [1.82, 2.24) is 19.7 Å². The predicted octanol–water partition coefficient (Wildman–Crippen LogP) is 6.11. The van der Waals surface area contributed by atoms with Crippen LogP contribution in [0.1, 0.15) is 29.8 Å². The molecule has 1 amide bonds. The molecule has 11 heteroatoms. The van der Waals surface area contributed by atoms with Gasteiger partial charge in [-0.3, -0.25) is 9.36 Å². The van der Waals surface area contributed by atoms with Gasteiger partial charge in [-0.15, -0.1) is 10.2 Å². The predicted molar refractivity (Wildman–Crippen MR) is 157 cm³/mol. The van der Waals surface area contributed by atoms with Crippen LogP contribution in [0, 0.1) is 0 Å². The number of carbonyl (C=O) groups is 1. The lowest BCUT2D eigenvalue weighted by molar-refractivity contribution is -0.137. The zero-order valence-corrected chi connectivity index (χ0v) is 24.1. The number of piperazine rings is 1. The molecule has 3 aromatic carbocycles. The molecule has 0 spiro atoms. The van der Waals surface area contributed by atoms with E-state index in [1.165, 1.54) is 12.1 Å². The molecule has 0 radical (unpaired) electrons. The van der Waals surface area contributed by atoms with Crippen molar-refractivity contribution in [2.24, 2.45) is 0 Å². The Morgan fingerprint density at radius 1 is 0.905 bits per heavy atom. The Kier molecular flexibility index (Phi) is 9.36. The first kappa shape index (κ1) is 29.5. The van der Waals surface area contributed by atoms with Crippen molar-refractivity contribution in [3.05, 3.63) is 95.8 Å². The van der Waals surface area contributed by atoms with E-state index in [9.17, 15) is 18.0 Å². The lowest BCUT2D eigenvalue weighted by Gasteiger charge is -2.36. The van der Waals surface area contributed by atoms with Gasteiger partial charge in [0, 0.05) is 56.1 Å². The highest BCUT2D eigenvalue weighted by Gasteiger charge is 2.31. The largest absolute Gasteiger partial charge is 0.497 e. The van der Waals surface area contributed by atoms with E-state index >= 15 is 0 Å². The number of hydrogen-bond acceptors (Lipinski definition) is 6. The van der Waals surface area contributed by atoms with Crippen LogP contribution in [0.25, 0.3) is 5.69 Å². The van der Waals surface area contributed by atoms with Crippen LogP contribution >= 0.6 is 11.8 Å². The summed E-state index contributed by atoms with van der Waals surface area (Å²) in [6.45, 7) is 1.96. The Morgan fingerprint density at radius 3 is 2.33 bits per heavy atom. The van der Waals surface area contributed by atoms with Crippen molar-refractivity contribution >= 4 is 23.4 Å². The van der Waals surface area contributed by atoms with Gasteiger partial charge in [-0.1, -0.05) is 48.2 Å². The fourth-order valence-corrected chi connectivity index (χ4v) is 5.82. The molecule has 7 nitrogen and oxygen atoms in total. The van der Waals surface area contributed by atoms with Gasteiger partial charge in [0.05, 0.1) is 12.7 Å². The lowest BCUT2D eigenvalue weighted by Crippen LogP contribution is -2.48. The zero-order chi connectivity index (χ0) is 29.5. The summed E-state index contributed by atoms with van der Waals surface area (Å²) in [7, 11) is 1.63. The van der Waals surface area contributed by atoms with E-state index in [0.717, 1.165) is 34.0 Å². The van der Waals surface area contributed by atoms with Crippen LogP contribution in [0.5, 0.6) is 5.75 Å². The number of halogens is 3. The third kappa shape index (κ3) is 7.25. The monoisotopic (exact) mass is 595 g/mol. The van der Waals surface area contributed by atoms with Gasteiger partial charge in [-0.05, 0) is 54.4 Å². The average molecular weight is 596 g/mol. The van der Waals surface area contributed by atoms with Gasteiger partial charge in [0.2, 0.25) is 5.91 Å². The summed E-state index contributed by atoms with van der Waals surface area (Å²) in [6, 6.07) is 23.2. The summed E-state index contributed by atoms with van der Waals surface area (Å²) in [5.41, 5.74) is 1.94. The molecular formula is C31H32F3N5O2S. The molecule has 1 fully saturated rings. The number of anilines is 1. The van der Waals surface area contributed by atoms with Crippen molar-refractivity contribution in [2.45, 2.75) is 30.6 Å². The molecule has 220 valence electrons. The van der Waals surface area contributed by atoms with Crippen LogP contribution in [0.15, 0.2) is 84.0 Å². The zero-order valence-electron chi connectivity index (χ0n) is 23.3. The molecule has 0 bridgehead atoms. The summed E-state index contributed by atoms with van der Waals surface area (Å²) in [5.74, 6) is 2.33. The van der Waals surface area contributed by atoms with Crippen molar-refractivity contribution in [2.75, 3.05) is 43.9 Å². The normalized spacial score (nSPS) is 13.8. The number of ether oxygens (including phenoxy) is 1. The first-order chi connectivity index (χ1) is 20.3. The summed E-state index contributed by atoms with van der Waals surface area (Å²) in [5, 5.41) is 9.71. The first-order valence-corrected chi connectivity index (χ1v) is 14.8. The van der Waals surface area contributed by atoms with E-state index in [1.807, 2.05) is 51.9 Å². The lowest BCUT2D eigenvalue weighted by atomic mass is 10.1. The minimum absolute atomic E-state index is 0.0562. The quantitative estimate of drug-likeness (QED) is 0.163. The summed E-state index contributed by atoms with van der Waals surface area (Å²) in [6.07, 6.45) is -2.69. The molecule has 2 heterocycles. The standard InChI is InChI=1S/C31H32F3N5O2S/c1-41-27-14-12-25(13-15-27)39-28(21-23-7-3-2-4-8-23)35-36-30(39)42-20-6-11-29(40)38-18-16-37(17-19-38)26-10-5-9-24(22-26)31(32,33)34/h2-5,7-10,12-15,22H,6,11,16-21H2,1H3. The number of methoxy groups -OCH3 is 1. The minimum Gasteiger partial charge on any atom is -0.497 e. The number of alkyl halides is 3. The topological polar surface area (TPSA) is 63.5 Å². The molecule has 1 saturated heterocycles. The SMILES string of the molecule is COc1ccc(-n2c(Cc3ccccc3)nnc2SCCCC(=O)N2CCN(c3cccc(C(F)(F)F)c3)CC2)cc1. The highest BCUT2D eigenvalue weighted by molar-refractivity contribution is 7.99. The second-order valence-corrected chi connectivity index (χ2v) is 11.0. The van der Waals surface area contributed by atoms with Gasteiger partial charge in [0.25, 0.3) is 0 Å². The van der Waals surface area contributed by atoms with Gasteiger partial charge >= 0.3 is 6.18 Å². The molecule has 42 heavy (non-hydrogen) atoms. The third-order valence-corrected chi connectivity index (χ3v) is 8.19. The van der Waals surface area contributed by atoms with Gasteiger partial charge < -0.3 is 14.5 Å². The second kappa shape index (κ2) is 13.3. The van der Waals surface area contributed by atoms with Gasteiger partial charge in [0.15, 0.2) is 5.16 Å². The Balaban J connectivity index is 1.16. The summed E-state index contributed by atoms with van der Waals surface area (Å²) < 4.78 is 46.7. The van der Waals surface area contributed by atoms with Crippen molar-refractivity contribution in [1.29, 1.82) is 0 Å². The molecule has 4 aromatic rings. The van der Waals surface area contributed by atoms with Crippen LogP contribution in [0.4, 0.5) is 18.9 Å². The van der Waals surface area contributed by atoms with Crippen LogP contribution in [-0.4, -0.2) is 64.6 Å². The number of thioether (sulfide) groups is 1. The van der Waals surface area contributed by atoms with Crippen molar-refractivity contribution in [3.8, 4) is 11.4 Å². The molecule has 0 aliphatic carbocycles. The molecule has 0 atom stereocenters. The minimum atomic E-state index is -4.38. The Hall–Kier alpha value is -3.99. The number of carbonyl (C=O) groups excluding carboxylic acids is 1. The average Bonchev–Trinajstić information content (AvgIpc) is 3.41. The van der Waals surface area contributed by atoms with E-state index in [1.54, 1.807) is 29.8 Å². The van der Waals surface area contributed by atoms with E-state index in [0.29, 0.717) is 56.9 Å². The summed E-state index contributed by atoms with van der Waals surface area (Å²) >= 11 is 1.56. The maximum absolute atomic E-state index is 13.1. The van der Waals surface area contributed by atoms with E-state index in [-0.39, 0.29) is 5.91 Å². The molecule has 0 N–H and O–H groups in total.